The lowest BCUT2D eigenvalue weighted by molar-refractivity contribution is -0.146. The lowest BCUT2D eigenvalue weighted by Gasteiger charge is -2.25. The van der Waals surface area contributed by atoms with Gasteiger partial charge in [-0.2, -0.15) is 0 Å². The van der Waals surface area contributed by atoms with Crippen LogP contribution in [0, 0.1) is 5.92 Å². The zero-order valence-corrected chi connectivity index (χ0v) is 8.89. The summed E-state index contributed by atoms with van der Waals surface area (Å²) in [4.78, 5) is 11.3. The average molecular weight is 182 g/mol. The molecule has 2 heteroatoms. The summed E-state index contributed by atoms with van der Waals surface area (Å²) in [5.41, 5.74) is 1.97. The molecule has 0 spiro atoms. The maximum Gasteiger partial charge on any atom is 0.333 e. The third-order valence-electron chi connectivity index (χ3n) is 2.49. The summed E-state index contributed by atoms with van der Waals surface area (Å²) in [6.45, 7) is 8.15. The molecule has 0 amide bonds. The molecule has 1 atom stereocenters. The minimum Gasteiger partial charge on any atom is -0.459 e. The molecule has 74 valence electrons. The van der Waals surface area contributed by atoms with Crippen LogP contribution < -0.4 is 0 Å². The summed E-state index contributed by atoms with van der Waals surface area (Å²) in [6.07, 6.45) is 1.99. The third kappa shape index (κ3) is 2.58. The largest absolute Gasteiger partial charge is 0.459 e. The van der Waals surface area contributed by atoms with Gasteiger partial charge in [0.2, 0.25) is 0 Å². The first-order valence-corrected chi connectivity index (χ1v) is 4.88. The number of hydrogen-bond donors (Lipinski definition) is 0. The molecule has 0 N–H and O–H groups in total. The fourth-order valence-corrected chi connectivity index (χ4v) is 1.61. The van der Waals surface area contributed by atoms with Crippen LogP contribution >= 0.6 is 0 Å². The number of hydrogen-bond acceptors (Lipinski definition) is 2. The van der Waals surface area contributed by atoms with E-state index in [1.54, 1.807) is 0 Å². The minimum absolute atomic E-state index is 0.108. The van der Waals surface area contributed by atoms with Gasteiger partial charge in [0.15, 0.2) is 0 Å². The summed E-state index contributed by atoms with van der Waals surface area (Å²) >= 11 is 0. The van der Waals surface area contributed by atoms with Crippen LogP contribution in [-0.4, -0.2) is 12.1 Å². The SMILES string of the molecule is CC1=C(C)C(=O)OC(CC(C)C)C1. The van der Waals surface area contributed by atoms with Crippen LogP contribution in [0.1, 0.15) is 40.5 Å². The van der Waals surface area contributed by atoms with Crippen molar-refractivity contribution < 1.29 is 9.53 Å². The molecule has 13 heavy (non-hydrogen) atoms. The van der Waals surface area contributed by atoms with Gasteiger partial charge < -0.3 is 4.74 Å². The summed E-state index contributed by atoms with van der Waals surface area (Å²) in [5.74, 6) is 0.457. The molecular formula is C11H18O2. The Morgan fingerprint density at radius 1 is 1.46 bits per heavy atom. The van der Waals surface area contributed by atoms with Gasteiger partial charge >= 0.3 is 5.97 Å². The van der Waals surface area contributed by atoms with E-state index >= 15 is 0 Å². The van der Waals surface area contributed by atoms with E-state index in [9.17, 15) is 4.79 Å². The Labute approximate surface area is 80.0 Å². The van der Waals surface area contributed by atoms with Crippen molar-refractivity contribution in [2.24, 2.45) is 5.92 Å². The van der Waals surface area contributed by atoms with E-state index in [0.717, 1.165) is 18.4 Å². The molecule has 1 heterocycles. The maximum absolute atomic E-state index is 11.3. The minimum atomic E-state index is -0.130. The second kappa shape index (κ2) is 3.95. The quantitative estimate of drug-likeness (QED) is 0.614. The number of carbonyl (C=O) groups is 1. The van der Waals surface area contributed by atoms with Crippen LogP contribution in [0.4, 0.5) is 0 Å². The van der Waals surface area contributed by atoms with Gasteiger partial charge in [-0.3, -0.25) is 0 Å². The molecule has 0 fully saturated rings. The van der Waals surface area contributed by atoms with Crippen LogP contribution in [0.15, 0.2) is 11.1 Å². The maximum atomic E-state index is 11.3. The van der Waals surface area contributed by atoms with Crippen molar-refractivity contribution in [3.8, 4) is 0 Å². The van der Waals surface area contributed by atoms with Gasteiger partial charge in [-0.15, -0.1) is 0 Å². The molecule has 0 saturated carbocycles. The highest BCUT2D eigenvalue weighted by atomic mass is 16.5. The normalized spacial score (nSPS) is 23.8. The lowest BCUT2D eigenvalue weighted by Crippen LogP contribution is -2.26. The van der Waals surface area contributed by atoms with Gasteiger partial charge in [0, 0.05) is 12.0 Å². The van der Waals surface area contributed by atoms with Crippen LogP contribution in [0.5, 0.6) is 0 Å². The number of rotatable bonds is 2. The zero-order chi connectivity index (χ0) is 10.0. The first kappa shape index (κ1) is 10.3. The summed E-state index contributed by atoms with van der Waals surface area (Å²) in [6, 6.07) is 0. The van der Waals surface area contributed by atoms with Gasteiger partial charge in [0.1, 0.15) is 6.10 Å². The highest BCUT2D eigenvalue weighted by Crippen LogP contribution is 2.24. The Bertz CT molecular complexity index is 238. The van der Waals surface area contributed by atoms with Crippen molar-refractivity contribution >= 4 is 5.97 Å². The van der Waals surface area contributed by atoms with Crippen molar-refractivity contribution in [3.63, 3.8) is 0 Å². The van der Waals surface area contributed by atoms with Gasteiger partial charge in [0.25, 0.3) is 0 Å². The molecule has 1 rings (SSSR count). The average Bonchev–Trinajstić information content (AvgIpc) is 1.98. The van der Waals surface area contributed by atoms with Gasteiger partial charge in [-0.25, -0.2) is 4.79 Å². The number of cyclic esters (lactones) is 1. The molecule has 0 radical (unpaired) electrons. The van der Waals surface area contributed by atoms with Gasteiger partial charge in [-0.1, -0.05) is 19.4 Å². The molecule has 2 nitrogen and oxygen atoms in total. The Morgan fingerprint density at radius 3 is 2.54 bits per heavy atom. The summed E-state index contributed by atoms with van der Waals surface area (Å²) in [5, 5.41) is 0. The Balaban J connectivity index is 2.63. The Kier molecular flexibility index (Phi) is 3.12. The van der Waals surface area contributed by atoms with E-state index in [2.05, 4.69) is 13.8 Å². The van der Waals surface area contributed by atoms with Crippen LogP contribution in [-0.2, 0) is 9.53 Å². The predicted molar refractivity (Wildman–Crippen MR) is 52.3 cm³/mol. The van der Waals surface area contributed by atoms with Gasteiger partial charge in [0.05, 0.1) is 0 Å². The van der Waals surface area contributed by atoms with Crippen molar-refractivity contribution in [2.45, 2.75) is 46.6 Å². The number of ether oxygens (including phenoxy) is 1. The smallest absolute Gasteiger partial charge is 0.333 e. The monoisotopic (exact) mass is 182 g/mol. The lowest BCUT2D eigenvalue weighted by atomic mass is 9.95. The second-order valence-corrected chi connectivity index (χ2v) is 4.27. The first-order valence-electron chi connectivity index (χ1n) is 4.88. The molecular weight excluding hydrogens is 164 g/mol. The van der Waals surface area contributed by atoms with E-state index in [1.807, 2.05) is 13.8 Å². The van der Waals surface area contributed by atoms with Crippen LogP contribution in [0.25, 0.3) is 0 Å². The standard InChI is InChI=1S/C11H18O2/c1-7(2)5-10-6-8(3)9(4)11(12)13-10/h7,10H,5-6H2,1-4H3. The fraction of sp³-hybridized carbons (Fsp3) is 0.727. The van der Waals surface area contributed by atoms with E-state index in [0.29, 0.717) is 5.92 Å². The Morgan fingerprint density at radius 2 is 2.08 bits per heavy atom. The van der Waals surface area contributed by atoms with Gasteiger partial charge in [-0.05, 0) is 26.2 Å². The molecule has 1 aliphatic rings. The first-order chi connectivity index (χ1) is 6.00. The van der Waals surface area contributed by atoms with Crippen molar-refractivity contribution in [1.29, 1.82) is 0 Å². The number of esters is 1. The highest BCUT2D eigenvalue weighted by molar-refractivity contribution is 5.89. The van der Waals surface area contributed by atoms with Crippen molar-refractivity contribution in [2.75, 3.05) is 0 Å². The van der Waals surface area contributed by atoms with E-state index in [-0.39, 0.29) is 12.1 Å². The van der Waals surface area contributed by atoms with Crippen molar-refractivity contribution in [1.82, 2.24) is 0 Å². The molecule has 0 aromatic rings. The summed E-state index contributed by atoms with van der Waals surface area (Å²) in [7, 11) is 0. The molecule has 1 unspecified atom stereocenters. The molecule has 0 bridgehead atoms. The number of carbonyl (C=O) groups excluding carboxylic acids is 1. The molecule has 0 aliphatic carbocycles. The second-order valence-electron chi connectivity index (χ2n) is 4.27. The summed E-state index contributed by atoms with van der Waals surface area (Å²) < 4.78 is 5.28. The third-order valence-corrected chi connectivity index (χ3v) is 2.49. The predicted octanol–water partition coefficient (Wildman–Crippen LogP) is 2.68. The topological polar surface area (TPSA) is 26.3 Å². The van der Waals surface area contributed by atoms with E-state index in [1.165, 1.54) is 5.57 Å². The van der Waals surface area contributed by atoms with E-state index in [4.69, 9.17) is 4.74 Å². The van der Waals surface area contributed by atoms with Crippen molar-refractivity contribution in [3.05, 3.63) is 11.1 Å². The van der Waals surface area contributed by atoms with Crippen LogP contribution in [0.2, 0.25) is 0 Å². The molecule has 1 aliphatic heterocycles. The molecule has 0 saturated heterocycles. The fourth-order valence-electron chi connectivity index (χ4n) is 1.61. The van der Waals surface area contributed by atoms with Crippen LogP contribution in [0.3, 0.4) is 0 Å². The molecule has 0 aromatic heterocycles. The van der Waals surface area contributed by atoms with E-state index < -0.39 is 0 Å². The zero-order valence-electron chi connectivity index (χ0n) is 8.89. The molecule has 0 aromatic carbocycles. The highest BCUT2D eigenvalue weighted by Gasteiger charge is 2.24. The Hall–Kier alpha value is -0.790.